The summed E-state index contributed by atoms with van der Waals surface area (Å²) in [5, 5.41) is 14.6. The van der Waals surface area contributed by atoms with E-state index >= 15 is 0 Å². The first-order valence-electron chi connectivity index (χ1n) is 7.32. The second kappa shape index (κ2) is 8.39. The number of nitrogens with zero attached hydrogens (tertiary/aromatic N) is 2. The van der Waals surface area contributed by atoms with Crippen LogP contribution in [0.2, 0.25) is 0 Å². The second-order valence-corrected chi connectivity index (χ2v) is 6.17. The Bertz CT molecular complexity index is 837. The summed E-state index contributed by atoms with van der Waals surface area (Å²) in [6.45, 7) is 3.70. The van der Waals surface area contributed by atoms with Crippen molar-refractivity contribution in [3.05, 3.63) is 67.7 Å². The fraction of sp³-hybridized carbons (Fsp3) is 0.176. The summed E-state index contributed by atoms with van der Waals surface area (Å²) in [4.78, 5) is 22.1. The number of hydrogen-bond acceptors (Lipinski definition) is 5. The lowest BCUT2D eigenvalue weighted by Crippen LogP contribution is -2.24. The highest BCUT2D eigenvalue weighted by Gasteiger charge is 2.11. The zero-order valence-corrected chi connectivity index (χ0v) is 15.2. The van der Waals surface area contributed by atoms with E-state index < -0.39 is 10.8 Å². The van der Waals surface area contributed by atoms with Gasteiger partial charge in [0.05, 0.1) is 15.6 Å². The number of aryl methyl sites for hydroxylation is 2. The van der Waals surface area contributed by atoms with Gasteiger partial charge in [-0.15, -0.1) is 0 Å². The Labute approximate surface area is 153 Å². The molecule has 0 spiro atoms. The van der Waals surface area contributed by atoms with Crippen LogP contribution in [0.5, 0.6) is 5.75 Å². The molecule has 0 fully saturated rings. The number of nitro benzene ring substituents is 1. The first-order chi connectivity index (χ1) is 11.9. The molecule has 0 saturated carbocycles. The van der Waals surface area contributed by atoms with E-state index in [1.165, 1.54) is 12.3 Å². The van der Waals surface area contributed by atoms with Crippen LogP contribution in [0, 0.1) is 24.0 Å². The van der Waals surface area contributed by atoms with Gasteiger partial charge in [0, 0.05) is 11.6 Å². The van der Waals surface area contributed by atoms with E-state index in [-0.39, 0.29) is 12.3 Å². The summed E-state index contributed by atoms with van der Waals surface area (Å²) in [6.07, 6.45) is 1.33. The van der Waals surface area contributed by atoms with Gasteiger partial charge in [0.2, 0.25) is 0 Å². The van der Waals surface area contributed by atoms with Crippen molar-refractivity contribution in [1.82, 2.24) is 5.43 Å². The van der Waals surface area contributed by atoms with Gasteiger partial charge >= 0.3 is 0 Å². The minimum Gasteiger partial charge on any atom is -0.483 e. The number of carbonyl (C=O) groups excluding carboxylic acids is 1. The molecule has 2 rings (SSSR count). The molecule has 0 aromatic heterocycles. The van der Waals surface area contributed by atoms with Crippen LogP contribution in [0.3, 0.4) is 0 Å². The van der Waals surface area contributed by atoms with Crippen LogP contribution in [0.1, 0.15) is 16.7 Å². The van der Waals surface area contributed by atoms with Gasteiger partial charge in [0.15, 0.2) is 6.61 Å². The Balaban J connectivity index is 1.90. The lowest BCUT2D eigenvalue weighted by atomic mass is 10.1. The molecule has 0 aliphatic carbocycles. The highest BCUT2D eigenvalue weighted by Crippen LogP contribution is 2.24. The number of nitro groups is 1. The third-order valence-electron chi connectivity index (χ3n) is 3.26. The van der Waals surface area contributed by atoms with Gasteiger partial charge in [0.25, 0.3) is 11.6 Å². The predicted octanol–water partition coefficient (Wildman–Crippen LogP) is 3.50. The van der Waals surface area contributed by atoms with Crippen LogP contribution >= 0.6 is 15.9 Å². The number of halogens is 1. The molecule has 0 aliphatic rings. The molecule has 7 nitrogen and oxygen atoms in total. The second-order valence-electron chi connectivity index (χ2n) is 5.32. The van der Waals surface area contributed by atoms with Crippen molar-refractivity contribution in [2.75, 3.05) is 6.61 Å². The van der Waals surface area contributed by atoms with E-state index in [1.54, 1.807) is 12.1 Å². The molecule has 0 saturated heterocycles. The van der Waals surface area contributed by atoms with Gasteiger partial charge < -0.3 is 4.74 Å². The van der Waals surface area contributed by atoms with E-state index in [0.717, 1.165) is 11.1 Å². The number of ether oxygens (including phenoxy) is 1. The predicted molar refractivity (Wildman–Crippen MR) is 97.9 cm³/mol. The molecule has 25 heavy (non-hydrogen) atoms. The van der Waals surface area contributed by atoms with Crippen molar-refractivity contribution < 1.29 is 14.5 Å². The fourth-order valence-electron chi connectivity index (χ4n) is 2.07. The van der Waals surface area contributed by atoms with Crippen LogP contribution in [0.15, 0.2) is 46.0 Å². The van der Waals surface area contributed by atoms with E-state index in [1.807, 2.05) is 32.0 Å². The first kappa shape index (κ1) is 18.6. The van der Waals surface area contributed by atoms with E-state index in [4.69, 9.17) is 4.74 Å². The van der Waals surface area contributed by atoms with E-state index in [9.17, 15) is 14.9 Å². The summed E-state index contributed by atoms with van der Waals surface area (Å²) in [5.74, 6) is 0.205. The number of hydrogen-bond donors (Lipinski definition) is 1. The molecule has 1 amide bonds. The third-order valence-corrected chi connectivity index (χ3v) is 3.93. The summed E-state index contributed by atoms with van der Waals surface area (Å²) < 4.78 is 5.82. The average Bonchev–Trinajstić information content (AvgIpc) is 2.55. The largest absolute Gasteiger partial charge is 0.483 e. The summed E-state index contributed by atoms with van der Waals surface area (Å²) in [6, 6.07) is 10.2. The molecule has 130 valence electrons. The van der Waals surface area contributed by atoms with Crippen LogP contribution in [0.4, 0.5) is 5.69 Å². The minimum atomic E-state index is -0.502. The molecule has 0 unspecified atom stereocenters. The quantitative estimate of drug-likeness (QED) is 0.451. The average molecular weight is 406 g/mol. The topological polar surface area (TPSA) is 93.8 Å². The van der Waals surface area contributed by atoms with Gasteiger partial charge in [-0.3, -0.25) is 14.9 Å². The monoisotopic (exact) mass is 405 g/mol. The number of hydrazone groups is 1. The van der Waals surface area contributed by atoms with E-state index in [0.29, 0.717) is 15.8 Å². The lowest BCUT2D eigenvalue weighted by Gasteiger charge is -2.08. The van der Waals surface area contributed by atoms with Crippen LogP contribution in [0.25, 0.3) is 0 Å². The first-order valence-corrected chi connectivity index (χ1v) is 8.12. The number of nitrogens with one attached hydrogen (secondary N) is 1. The Morgan fingerprint density at radius 2 is 2.08 bits per heavy atom. The maximum Gasteiger partial charge on any atom is 0.284 e. The van der Waals surface area contributed by atoms with Crippen molar-refractivity contribution in [3.8, 4) is 5.75 Å². The lowest BCUT2D eigenvalue weighted by molar-refractivity contribution is -0.385. The molecule has 0 heterocycles. The Morgan fingerprint density at radius 3 is 2.76 bits per heavy atom. The van der Waals surface area contributed by atoms with Gasteiger partial charge in [-0.1, -0.05) is 23.8 Å². The SMILES string of the molecule is Cc1ccc(OCC(=O)N/N=C\c2ccc(Br)c([N+](=O)[O-])c2)c(C)c1. The molecule has 8 heteroatoms. The Kier molecular flexibility index (Phi) is 6.24. The van der Waals surface area contributed by atoms with Gasteiger partial charge in [-0.25, -0.2) is 5.43 Å². The highest BCUT2D eigenvalue weighted by atomic mass is 79.9. The molecule has 2 aromatic rings. The zero-order chi connectivity index (χ0) is 18.4. The Morgan fingerprint density at radius 1 is 1.32 bits per heavy atom. The molecular weight excluding hydrogens is 390 g/mol. The van der Waals surface area contributed by atoms with Crippen molar-refractivity contribution in [2.24, 2.45) is 5.10 Å². The standard InChI is InChI=1S/C17H16BrN3O4/c1-11-3-6-16(12(2)7-11)25-10-17(22)20-19-9-13-4-5-14(18)15(8-13)21(23)24/h3-9H,10H2,1-2H3,(H,20,22)/b19-9-. The van der Waals surface area contributed by atoms with Gasteiger partial charge in [-0.2, -0.15) is 5.10 Å². The number of amides is 1. The van der Waals surface area contributed by atoms with Crippen molar-refractivity contribution in [3.63, 3.8) is 0 Å². The van der Waals surface area contributed by atoms with Crippen LogP contribution in [-0.4, -0.2) is 23.7 Å². The Hall–Kier alpha value is -2.74. The summed E-state index contributed by atoms with van der Waals surface area (Å²) >= 11 is 3.10. The summed E-state index contributed by atoms with van der Waals surface area (Å²) in [5.41, 5.74) is 4.79. The minimum absolute atomic E-state index is 0.0755. The van der Waals surface area contributed by atoms with Gasteiger partial charge in [-0.05, 0) is 47.5 Å². The smallest absolute Gasteiger partial charge is 0.284 e. The normalized spacial score (nSPS) is 10.7. The molecule has 0 atom stereocenters. The zero-order valence-electron chi connectivity index (χ0n) is 13.7. The van der Waals surface area contributed by atoms with Crippen molar-refractivity contribution >= 4 is 33.7 Å². The summed E-state index contributed by atoms with van der Waals surface area (Å²) in [7, 11) is 0. The molecule has 2 aromatic carbocycles. The maximum atomic E-state index is 11.7. The maximum absolute atomic E-state index is 11.7. The van der Waals surface area contributed by atoms with Crippen molar-refractivity contribution in [2.45, 2.75) is 13.8 Å². The number of rotatable bonds is 6. The molecule has 0 radical (unpaired) electrons. The van der Waals surface area contributed by atoms with Crippen LogP contribution < -0.4 is 10.2 Å². The highest BCUT2D eigenvalue weighted by molar-refractivity contribution is 9.10. The molecular formula is C17H16BrN3O4. The third kappa shape index (κ3) is 5.39. The number of benzene rings is 2. The molecule has 1 N–H and O–H groups in total. The fourth-order valence-corrected chi connectivity index (χ4v) is 2.46. The van der Waals surface area contributed by atoms with E-state index in [2.05, 4.69) is 26.5 Å². The number of carbonyl (C=O) groups is 1. The van der Waals surface area contributed by atoms with Crippen LogP contribution in [-0.2, 0) is 4.79 Å². The molecule has 0 bridgehead atoms. The molecule has 0 aliphatic heterocycles. The van der Waals surface area contributed by atoms with Crippen molar-refractivity contribution in [1.29, 1.82) is 0 Å². The van der Waals surface area contributed by atoms with Gasteiger partial charge in [0.1, 0.15) is 5.75 Å².